The van der Waals surface area contributed by atoms with Gasteiger partial charge in [-0.2, -0.15) is 0 Å². The molecule has 1 aromatic heterocycles. The predicted octanol–water partition coefficient (Wildman–Crippen LogP) is 2.29. The molecule has 2 rings (SSSR count). The van der Waals surface area contributed by atoms with E-state index in [1.54, 1.807) is 19.2 Å². The van der Waals surface area contributed by atoms with E-state index in [2.05, 4.69) is 10.2 Å². The summed E-state index contributed by atoms with van der Waals surface area (Å²) in [4.78, 5) is 0. The predicted molar refractivity (Wildman–Crippen MR) is 60.4 cm³/mol. The van der Waals surface area contributed by atoms with Gasteiger partial charge in [0.15, 0.2) is 0 Å². The zero-order valence-electron chi connectivity index (χ0n) is 8.82. The van der Waals surface area contributed by atoms with Crippen LogP contribution in [-0.4, -0.2) is 17.3 Å². The molecule has 84 valence electrons. The summed E-state index contributed by atoms with van der Waals surface area (Å²) >= 11 is 5.96. The van der Waals surface area contributed by atoms with Gasteiger partial charge in [-0.1, -0.05) is 16.7 Å². The van der Waals surface area contributed by atoms with E-state index in [0.29, 0.717) is 22.2 Å². The molecule has 0 fully saturated rings. The highest BCUT2D eigenvalue weighted by atomic mass is 35.5. The van der Waals surface area contributed by atoms with Gasteiger partial charge in [-0.3, -0.25) is 0 Å². The molecule has 16 heavy (non-hydrogen) atoms. The minimum atomic E-state index is 0.00896. The summed E-state index contributed by atoms with van der Waals surface area (Å²) in [6.45, 7) is 1.88. The molecule has 2 aromatic rings. The lowest BCUT2D eigenvalue weighted by Crippen LogP contribution is -1.92. The maximum atomic E-state index is 5.96. The van der Waals surface area contributed by atoms with Crippen LogP contribution in [0.5, 0.6) is 5.75 Å². The molecule has 0 saturated carbocycles. The van der Waals surface area contributed by atoms with Gasteiger partial charge in [0.25, 0.3) is 5.89 Å². The van der Waals surface area contributed by atoms with E-state index in [1.807, 2.05) is 6.92 Å². The van der Waals surface area contributed by atoms with Gasteiger partial charge >= 0.3 is 6.01 Å². The van der Waals surface area contributed by atoms with Crippen LogP contribution >= 0.6 is 11.6 Å². The van der Waals surface area contributed by atoms with E-state index in [4.69, 9.17) is 26.5 Å². The fraction of sp³-hybridized carbons (Fsp3) is 0.200. The third-order valence-corrected chi connectivity index (χ3v) is 2.33. The Hall–Kier alpha value is -1.75. The fourth-order valence-corrected chi connectivity index (χ4v) is 1.78. The van der Waals surface area contributed by atoms with Gasteiger partial charge in [-0.15, -0.1) is 5.10 Å². The summed E-state index contributed by atoms with van der Waals surface area (Å²) in [7, 11) is 1.57. The zero-order chi connectivity index (χ0) is 11.7. The molecule has 0 spiro atoms. The largest absolute Gasteiger partial charge is 0.496 e. The van der Waals surface area contributed by atoms with Crippen molar-refractivity contribution in [1.29, 1.82) is 0 Å². The van der Waals surface area contributed by atoms with Crippen molar-refractivity contribution in [3.8, 4) is 17.2 Å². The number of nitrogens with zero attached hydrogens (tertiary/aromatic N) is 2. The Morgan fingerprint density at radius 2 is 2.12 bits per heavy atom. The lowest BCUT2D eigenvalue weighted by molar-refractivity contribution is 0.411. The normalized spacial score (nSPS) is 10.4. The van der Waals surface area contributed by atoms with Crippen LogP contribution in [0.2, 0.25) is 5.02 Å². The molecule has 0 bridgehead atoms. The first-order valence-corrected chi connectivity index (χ1v) is 4.93. The minimum absolute atomic E-state index is 0.00896. The maximum Gasteiger partial charge on any atom is 0.313 e. The number of methoxy groups -OCH3 is 1. The maximum absolute atomic E-state index is 5.96. The van der Waals surface area contributed by atoms with Crippen LogP contribution < -0.4 is 10.5 Å². The minimum Gasteiger partial charge on any atom is -0.496 e. The number of aromatic nitrogens is 2. The number of nitrogen functional groups attached to an aromatic ring is 1. The van der Waals surface area contributed by atoms with Crippen molar-refractivity contribution in [3.63, 3.8) is 0 Å². The van der Waals surface area contributed by atoms with E-state index < -0.39 is 0 Å². The second-order valence-electron chi connectivity index (χ2n) is 3.25. The van der Waals surface area contributed by atoms with Gasteiger partial charge in [-0.25, -0.2) is 0 Å². The topological polar surface area (TPSA) is 74.2 Å². The summed E-state index contributed by atoms with van der Waals surface area (Å²) in [5, 5.41) is 7.96. The van der Waals surface area contributed by atoms with Gasteiger partial charge in [0.1, 0.15) is 5.75 Å². The van der Waals surface area contributed by atoms with Crippen LogP contribution in [0.4, 0.5) is 6.01 Å². The van der Waals surface area contributed by atoms with Crippen molar-refractivity contribution in [2.45, 2.75) is 6.92 Å². The van der Waals surface area contributed by atoms with Crippen LogP contribution in [0.15, 0.2) is 16.5 Å². The zero-order valence-corrected chi connectivity index (χ0v) is 9.58. The number of hydrogen-bond acceptors (Lipinski definition) is 5. The number of hydrogen-bond donors (Lipinski definition) is 1. The quantitative estimate of drug-likeness (QED) is 0.870. The number of halogens is 1. The molecule has 6 heteroatoms. The summed E-state index contributed by atoms with van der Waals surface area (Å²) in [6, 6.07) is 3.50. The van der Waals surface area contributed by atoms with Gasteiger partial charge in [0.05, 0.1) is 12.7 Å². The van der Waals surface area contributed by atoms with E-state index >= 15 is 0 Å². The van der Waals surface area contributed by atoms with Crippen LogP contribution in [-0.2, 0) is 0 Å². The lowest BCUT2D eigenvalue weighted by Gasteiger charge is -2.08. The molecule has 0 saturated heterocycles. The average Bonchev–Trinajstić information content (AvgIpc) is 2.63. The van der Waals surface area contributed by atoms with Crippen LogP contribution in [0.3, 0.4) is 0 Å². The van der Waals surface area contributed by atoms with Gasteiger partial charge in [0, 0.05) is 5.02 Å². The Balaban J connectivity index is 2.63. The Kier molecular flexibility index (Phi) is 2.70. The van der Waals surface area contributed by atoms with Crippen molar-refractivity contribution in [2.75, 3.05) is 12.8 Å². The molecule has 0 aliphatic rings. The summed E-state index contributed by atoms with van der Waals surface area (Å²) in [5.74, 6) is 0.938. The molecule has 0 radical (unpaired) electrons. The molecular formula is C10H10ClN3O2. The van der Waals surface area contributed by atoms with Gasteiger partial charge in [-0.05, 0) is 24.6 Å². The first kappa shape index (κ1) is 10.8. The van der Waals surface area contributed by atoms with Gasteiger partial charge in [0.2, 0.25) is 0 Å². The van der Waals surface area contributed by atoms with E-state index in [-0.39, 0.29) is 6.01 Å². The number of benzene rings is 1. The summed E-state index contributed by atoms with van der Waals surface area (Å²) in [5.41, 5.74) is 6.90. The van der Waals surface area contributed by atoms with Crippen molar-refractivity contribution in [1.82, 2.24) is 10.2 Å². The number of ether oxygens (including phenoxy) is 1. The van der Waals surface area contributed by atoms with Crippen molar-refractivity contribution < 1.29 is 9.15 Å². The summed E-state index contributed by atoms with van der Waals surface area (Å²) in [6.07, 6.45) is 0. The molecule has 0 aliphatic carbocycles. The summed E-state index contributed by atoms with van der Waals surface area (Å²) < 4.78 is 10.4. The van der Waals surface area contributed by atoms with Crippen molar-refractivity contribution in [2.24, 2.45) is 0 Å². The third kappa shape index (κ3) is 1.81. The van der Waals surface area contributed by atoms with E-state index in [9.17, 15) is 0 Å². The number of rotatable bonds is 2. The first-order valence-electron chi connectivity index (χ1n) is 4.55. The molecule has 0 amide bonds. The molecule has 1 aromatic carbocycles. The average molecular weight is 240 g/mol. The fourth-order valence-electron chi connectivity index (χ4n) is 1.50. The third-order valence-electron chi connectivity index (χ3n) is 2.11. The molecule has 0 atom stereocenters. The SMILES string of the molecule is COc1c(C)cc(Cl)cc1-c1nnc(N)o1. The highest BCUT2D eigenvalue weighted by Gasteiger charge is 2.15. The highest BCUT2D eigenvalue weighted by molar-refractivity contribution is 6.31. The molecule has 0 unspecified atom stereocenters. The van der Waals surface area contributed by atoms with Crippen LogP contribution in [0.25, 0.3) is 11.5 Å². The Bertz CT molecular complexity index is 525. The standard InChI is InChI=1S/C10H10ClN3O2/c1-5-3-6(11)4-7(8(5)15-2)9-13-14-10(12)16-9/h3-4H,1-2H3,(H2,12,14). The molecule has 5 nitrogen and oxygen atoms in total. The Morgan fingerprint density at radius 3 is 2.69 bits per heavy atom. The van der Waals surface area contributed by atoms with Crippen molar-refractivity contribution >= 4 is 17.6 Å². The second-order valence-corrected chi connectivity index (χ2v) is 3.69. The monoisotopic (exact) mass is 239 g/mol. The smallest absolute Gasteiger partial charge is 0.313 e. The second kappa shape index (κ2) is 4.02. The number of nitrogens with two attached hydrogens (primary N) is 1. The first-order chi connectivity index (χ1) is 7.61. The van der Waals surface area contributed by atoms with Crippen LogP contribution in [0, 0.1) is 6.92 Å². The molecule has 0 aliphatic heterocycles. The highest BCUT2D eigenvalue weighted by Crippen LogP contribution is 2.35. The lowest BCUT2D eigenvalue weighted by atomic mass is 10.1. The van der Waals surface area contributed by atoms with Crippen LogP contribution in [0.1, 0.15) is 5.56 Å². The van der Waals surface area contributed by atoms with E-state index in [0.717, 1.165) is 5.56 Å². The Morgan fingerprint density at radius 1 is 1.38 bits per heavy atom. The number of aryl methyl sites for hydroxylation is 1. The molecule has 2 N–H and O–H groups in total. The Labute approximate surface area is 97.2 Å². The molecule has 1 heterocycles. The van der Waals surface area contributed by atoms with Gasteiger partial charge < -0.3 is 14.9 Å². The number of anilines is 1. The molecular weight excluding hydrogens is 230 g/mol. The van der Waals surface area contributed by atoms with E-state index in [1.165, 1.54) is 0 Å². The van der Waals surface area contributed by atoms with Crippen molar-refractivity contribution in [3.05, 3.63) is 22.7 Å².